The zero-order chi connectivity index (χ0) is 22.4. The molecular formula is C25H25N3O4. The van der Waals surface area contributed by atoms with Crippen LogP contribution in [0.3, 0.4) is 0 Å². The average Bonchev–Trinajstić information content (AvgIpc) is 3.20. The molecule has 7 nitrogen and oxygen atoms in total. The molecule has 164 valence electrons. The molecule has 1 aliphatic carbocycles. The van der Waals surface area contributed by atoms with Gasteiger partial charge in [-0.3, -0.25) is 9.89 Å². The van der Waals surface area contributed by atoms with Crippen LogP contribution in [-0.4, -0.2) is 39.5 Å². The fourth-order valence-corrected chi connectivity index (χ4v) is 4.41. The number of nitrogens with zero attached hydrogens (tertiary/aromatic N) is 2. The molecule has 0 bridgehead atoms. The predicted octanol–water partition coefficient (Wildman–Crippen LogP) is 5.15. The SMILES string of the molecule is COc1ccc(-c2c(C(C)C)c(O[C@H]3C[C@H](C(=O)O)C3)nc3cc4[nH]ncc4cc23)cc1. The Morgan fingerprint density at radius 1 is 1.19 bits per heavy atom. The maximum atomic E-state index is 11.2. The number of aromatic amines is 1. The van der Waals surface area contributed by atoms with Crippen LogP contribution >= 0.6 is 0 Å². The van der Waals surface area contributed by atoms with Gasteiger partial charge in [-0.1, -0.05) is 26.0 Å². The second-order valence-corrected chi connectivity index (χ2v) is 8.66. The van der Waals surface area contributed by atoms with Crippen LogP contribution in [0.4, 0.5) is 0 Å². The molecule has 2 aromatic heterocycles. The summed E-state index contributed by atoms with van der Waals surface area (Å²) in [5.41, 5.74) is 4.85. The molecule has 0 radical (unpaired) electrons. The largest absolute Gasteiger partial charge is 0.497 e. The summed E-state index contributed by atoms with van der Waals surface area (Å²) >= 11 is 0. The highest BCUT2D eigenvalue weighted by molar-refractivity contribution is 6.04. The van der Waals surface area contributed by atoms with Crippen molar-refractivity contribution < 1.29 is 19.4 Å². The van der Waals surface area contributed by atoms with Crippen molar-refractivity contribution in [2.24, 2.45) is 5.92 Å². The van der Waals surface area contributed by atoms with E-state index in [1.165, 1.54) is 0 Å². The lowest BCUT2D eigenvalue weighted by molar-refractivity contribution is -0.148. The van der Waals surface area contributed by atoms with Crippen LogP contribution in [-0.2, 0) is 4.79 Å². The quantitative estimate of drug-likeness (QED) is 0.438. The third kappa shape index (κ3) is 3.43. The van der Waals surface area contributed by atoms with E-state index in [4.69, 9.17) is 14.5 Å². The molecule has 0 atom stereocenters. The number of methoxy groups -OCH3 is 1. The minimum Gasteiger partial charge on any atom is -0.497 e. The van der Waals surface area contributed by atoms with E-state index >= 15 is 0 Å². The van der Waals surface area contributed by atoms with E-state index in [-0.39, 0.29) is 17.9 Å². The first-order valence-corrected chi connectivity index (χ1v) is 10.8. The average molecular weight is 431 g/mol. The highest BCUT2D eigenvalue weighted by atomic mass is 16.5. The summed E-state index contributed by atoms with van der Waals surface area (Å²) in [7, 11) is 1.65. The maximum Gasteiger partial charge on any atom is 0.306 e. The summed E-state index contributed by atoms with van der Waals surface area (Å²) < 4.78 is 11.7. The van der Waals surface area contributed by atoms with Gasteiger partial charge in [-0.05, 0) is 54.2 Å². The van der Waals surface area contributed by atoms with Crippen LogP contribution in [0, 0.1) is 5.92 Å². The number of aliphatic carboxylic acids is 1. The number of aromatic nitrogens is 3. The Kier molecular flexibility index (Phi) is 4.96. The molecule has 1 fully saturated rings. The van der Waals surface area contributed by atoms with Gasteiger partial charge in [0, 0.05) is 16.3 Å². The molecule has 0 saturated heterocycles. The molecular weight excluding hydrogens is 406 g/mol. The van der Waals surface area contributed by atoms with E-state index in [9.17, 15) is 9.90 Å². The Morgan fingerprint density at radius 2 is 1.94 bits per heavy atom. The van der Waals surface area contributed by atoms with Crippen molar-refractivity contribution in [2.75, 3.05) is 7.11 Å². The van der Waals surface area contributed by atoms with Crippen molar-refractivity contribution in [1.82, 2.24) is 15.2 Å². The monoisotopic (exact) mass is 431 g/mol. The standard InChI is InChI=1S/C25H25N3O4/c1-13(2)22-23(14-4-6-17(31-3)7-5-14)19-10-16-12-26-28-20(16)11-21(19)27-24(22)32-18-8-15(9-18)25(29)30/h4-7,10-13,15,18H,8-9H2,1-3H3,(H,26,28)(H,29,30)/t15-,18-. The van der Waals surface area contributed by atoms with Crippen molar-refractivity contribution in [3.8, 4) is 22.8 Å². The van der Waals surface area contributed by atoms with Gasteiger partial charge in [0.05, 0.1) is 30.3 Å². The summed E-state index contributed by atoms with van der Waals surface area (Å²) in [5.74, 6) is 0.413. The molecule has 32 heavy (non-hydrogen) atoms. The number of fused-ring (bicyclic) bond motifs is 2. The Bertz CT molecular complexity index is 1300. The summed E-state index contributed by atoms with van der Waals surface area (Å²) in [6.07, 6.45) is 2.68. The third-order valence-electron chi connectivity index (χ3n) is 6.23. The van der Waals surface area contributed by atoms with E-state index in [2.05, 4.69) is 30.1 Å². The molecule has 0 unspecified atom stereocenters. The van der Waals surface area contributed by atoms with E-state index < -0.39 is 5.97 Å². The summed E-state index contributed by atoms with van der Waals surface area (Å²) in [6, 6.07) is 12.1. The van der Waals surface area contributed by atoms with Gasteiger partial charge in [0.2, 0.25) is 5.88 Å². The Balaban J connectivity index is 1.71. The van der Waals surface area contributed by atoms with Gasteiger partial charge in [0.1, 0.15) is 11.9 Å². The van der Waals surface area contributed by atoms with Gasteiger partial charge >= 0.3 is 5.97 Å². The van der Waals surface area contributed by atoms with Crippen LogP contribution in [0.25, 0.3) is 32.9 Å². The third-order valence-corrected chi connectivity index (χ3v) is 6.23. The lowest BCUT2D eigenvalue weighted by Crippen LogP contribution is -2.38. The molecule has 0 aliphatic heterocycles. The zero-order valence-corrected chi connectivity index (χ0v) is 18.3. The Morgan fingerprint density at radius 3 is 2.59 bits per heavy atom. The number of rotatable bonds is 6. The van der Waals surface area contributed by atoms with Crippen LogP contribution in [0.15, 0.2) is 42.6 Å². The van der Waals surface area contributed by atoms with E-state index in [1.54, 1.807) is 7.11 Å². The topological polar surface area (TPSA) is 97.3 Å². The molecule has 0 amide bonds. The van der Waals surface area contributed by atoms with Crippen LogP contribution in [0.5, 0.6) is 11.6 Å². The van der Waals surface area contributed by atoms with Crippen LogP contribution < -0.4 is 9.47 Å². The number of pyridine rings is 1. The van der Waals surface area contributed by atoms with Crippen molar-refractivity contribution >= 4 is 27.8 Å². The number of ether oxygens (including phenoxy) is 2. The normalized spacial score (nSPS) is 18.1. The number of benzene rings is 2. The van der Waals surface area contributed by atoms with E-state index in [1.807, 2.05) is 36.5 Å². The fourth-order valence-electron chi connectivity index (χ4n) is 4.41. The Hall–Kier alpha value is -3.61. The summed E-state index contributed by atoms with van der Waals surface area (Å²) in [5, 5.41) is 18.4. The molecule has 5 rings (SSSR count). The number of H-pyrrole nitrogens is 1. The molecule has 0 spiro atoms. The van der Waals surface area contributed by atoms with Gasteiger partial charge in [0.15, 0.2) is 0 Å². The van der Waals surface area contributed by atoms with E-state index in [0.717, 1.165) is 44.2 Å². The molecule has 2 N–H and O–H groups in total. The minimum absolute atomic E-state index is 0.141. The van der Waals surface area contributed by atoms with Gasteiger partial charge in [-0.15, -0.1) is 0 Å². The molecule has 4 aromatic rings. The number of carboxylic acids is 1. The minimum atomic E-state index is -0.763. The molecule has 1 aliphatic rings. The first-order valence-electron chi connectivity index (χ1n) is 10.8. The van der Waals surface area contributed by atoms with E-state index in [0.29, 0.717) is 18.7 Å². The second-order valence-electron chi connectivity index (χ2n) is 8.66. The number of nitrogens with one attached hydrogen (secondary N) is 1. The van der Waals surface area contributed by atoms with Crippen molar-refractivity contribution in [2.45, 2.75) is 38.7 Å². The van der Waals surface area contributed by atoms with Crippen molar-refractivity contribution in [1.29, 1.82) is 0 Å². The molecule has 1 saturated carbocycles. The predicted molar refractivity (Wildman–Crippen MR) is 122 cm³/mol. The number of carbonyl (C=O) groups is 1. The van der Waals surface area contributed by atoms with Gasteiger partial charge in [0.25, 0.3) is 0 Å². The summed E-state index contributed by atoms with van der Waals surface area (Å²) in [6.45, 7) is 4.25. The first-order chi connectivity index (χ1) is 15.4. The summed E-state index contributed by atoms with van der Waals surface area (Å²) in [4.78, 5) is 16.1. The smallest absolute Gasteiger partial charge is 0.306 e. The lowest BCUT2D eigenvalue weighted by atomic mass is 9.82. The fraction of sp³-hybridized carbons (Fsp3) is 0.320. The van der Waals surface area contributed by atoms with Crippen molar-refractivity contribution in [3.63, 3.8) is 0 Å². The van der Waals surface area contributed by atoms with Crippen LogP contribution in [0.1, 0.15) is 38.2 Å². The number of carboxylic acid groups (broad SMARTS) is 1. The Labute approximate surface area is 185 Å². The highest BCUT2D eigenvalue weighted by Gasteiger charge is 2.37. The van der Waals surface area contributed by atoms with Crippen molar-refractivity contribution in [3.05, 3.63) is 48.2 Å². The lowest BCUT2D eigenvalue weighted by Gasteiger charge is -2.33. The molecule has 2 heterocycles. The second kappa shape index (κ2) is 7.82. The van der Waals surface area contributed by atoms with Gasteiger partial charge < -0.3 is 14.6 Å². The van der Waals surface area contributed by atoms with Gasteiger partial charge in [-0.25, -0.2) is 4.98 Å². The zero-order valence-electron chi connectivity index (χ0n) is 18.3. The number of hydrogen-bond donors (Lipinski definition) is 2. The van der Waals surface area contributed by atoms with Gasteiger partial charge in [-0.2, -0.15) is 5.10 Å². The molecule has 7 heteroatoms. The van der Waals surface area contributed by atoms with Crippen LogP contribution in [0.2, 0.25) is 0 Å². The molecule has 2 aromatic carbocycles. The number of hydrogen-bond acceptors (Lipinski definition) is 5. The first kappa shape index (κ1) is 20.3. The highest BCUT2D eigenvalue weighted by Crippen LogP contribution is 2.43. The maximum absolute atomic E-state index is 11.2.